The van der Waals surface area contributed by atoms with E-state index in [-0.39, 0.29) is 18.6 Å². The molecule has 0 aromatic heterocycles. The van der Waals surface area contributed by atoms with Crippen LogP contribution in [0.25, 0.3) is 0 Å². The molecule has 5 nitrogen and oxygen atoms in total. The molecule has 1 rings (SSSR count). The molecular weight excluding hydrogens is 232 g/mol. The van der Waals surface area contributed by atoms with Crippen molar-refractivity contribution in [3.8, 4) is 0 Å². The van der Waals surface area contributed by atoms with Crippen molar-refractivity contribution in [2.24, 2.45) is 5.73 Å². The molecule has 0 aromatic carbocycles. The van der Waals surface area contributed by atoms with Crippen molar-refractivity contribution in [1.29, 1.82) is 0 Å². The van der Waals surface area contributed by atoms with Crippen LogP contribution >= 0.6 is 0 Å². The molecule has 0 aliphatic heterocycles. The second kappa shape index (κ2) is 7.36. The number of rotatable bonds is 5. The number of ether oxygens (including phenoxy) is 1. The zero-order valence-corrected chi connectivity index (χ0v) is 11.4. The summed E-state index contributed by atoms with van der Waals surface area (Å²) in [5.41, 5.74) is 5.66. The molecule has 0 spiro atoms. The lowest BCUT2D eigenvalue weighted by molar-refractivity contribution is -0.151. The van der Waals surface area contributed by atoms with Gasteiger partial charge in [0.05, 0.1) is 6.61 Å². The van der Waals surface area contributed by atoms with Gasteiger partial charge in [0.2, 0.25) is 0 Å². The quantitative estimate of drug-likeness (QED) is 0.589. The minimum atomic E-state index is -1.17. The number of carbonyl (C=O) groups excluding carboxylic acids is 2. The number of nitrogens with two attached hydrogens (primary N) is 1. The van der Waals surface area contributed by atoms with E-state index in [1.807, 2.05) is 6.92 Å². The highest BCUT2D eigenvalue weighted by atomic mass is 16.5. The fraction of sp³-hybridized carbons (Fsp3) is 0.846. The van der Waals surface area contributed by atoms with Crippen LogP contribution in [0.4, 0.5) is 0 Å². The van der Waals surface area contributed by atoms with Gasteiger partial charge in [-0.25, -0.2) is 4.79 Å². The number of hydrogen-bond acceptors (Lipinski definition) is 4. The van der Waals surface area contributed by atoms with Gasteiger partial charge in [0.25, 0.3) is 5.91 Å². The predicted molar refractivity (Wildman–Crippen MR) is 68.9 cm³/mol. The highest BCUT2D eigenvalue weighted by molar-refractivity contribution is 6.01. The molecule has 1 amide bonds. The van der Waals surface area contributed by atoms with Crippen LogP contribution < -0.4 is 5.73 Å². The molecule has 0 heterocycles. The molecule has 0 aromatic rings. The Morgan fingerprint density at radius 1 is 1.28 bits per heavy atom. The van der Waals surface area contributed by atoms with Gasteiger partial charge in [0.1, 0.15) is 0 Å². The SMILES string of the molecule is CCOC(=O)C(N)C(=O)N(CC)C1CCCCC1. The van der Waals surface area contributed by atoms with E-state index in [1.54, 1.807) is 11.8 Å². The van der Waals surface area contributed by atoms with Gasteiger partial charge in [-0.15, -0.1) is 0 Å². The van der Waals surface area contributed by atoms with Gasteiger partial charge in [-0.1, -0.05) is 19.3 Å². The number of esters is 1. The second-order valence-corrected chi connectivity index (χ2v) is 4.65. The van der Waals surface area contributed by atoms with Gasteiger partial charge >= 0.3 is 5.97 Å². The third-order valence-corrected chi connectivity index (χ3v) is 3.45. The molecule has 104 valence electrons. The summed E-state index contributed by atoms with van der Waals surface area (Å²) in [6.45, 7) is 4.46. The lowest BCUT2D eigenvalue weighted by atomic mass is 9.94. The summed E-state index contributed by atoms with van der Waals surface area (Å²) >= 11 is 0. The Morgan fingerprint density at radius 2 is 1.89 bits per heavy atom. The third kappa shape index (κ3) is 3.70. The Balaban J connectivity index is 2.62. The number of hydrogen-bond donors (Lipinski definition) is 1. The maximum absolute atomic E-state index is 12.2. The highest BCUT2D eigenvalue weighted by Crippen LogP contribution is 2.22. The van der Waals surface area contributed by atoms with Crippen LogP contribution in [0.5, 0.6) is 0 Å². The third-order valence-electron chi connectivity index (χ3n) is 3.45. The molecule has 1 aliphatic rings. The van der Waals surface area contributed by atoms with E-state index in [9.17, 15) is 9.59 Å². The maximum Gasteiger partial charge on any atom is 0.332 e. The van der Waals surface area contributed by atoms with Gasteiger partial charge in [0, 0.05) is 12.6 Å². The molecule has 5 heteroatoms. The fourth-order valence-electron chi connectivity index (χ4n) is 2.50. The first-order valence-corrected chi connectivity index (χ1v) is 6.84. The van der Waals surface area contributed by atoms with Crippen molar-refractivity contribution < 1.29 is 14.3 Å². The van der Waals surface area contributed by atoms with E-state index in [0.717, 1.165) is 25.7 Å². The molecule has 1 unspecified atom stereocenters. The smallest absolute Gasteiger partial charge is 0.332 e. The van der Waals surface area contributed by atoms with Crippen LogP contribution in [-0.2, 0) is 14.3 Å². The fourth-order valence-corrected chi connectivity index (χ4v) is 2.50. The Hall–Kier alpha value is -1.10. The minimum Gasteiger partial charge on any atom is -0.464 e. The molecule has 18 heavy (non-hydrogen) atoms. The van der Waals surface area contributed by atoms with Crippen molar-refractivity contribution in [3.05, 3.63) is 0 Å². The number of likely N-dealkylation sites (N-methyl/N-ethyl adjacent to an activating group) is 1. The number of nitrogens with zero attached hydrogens (tertiary/aromatic N) is 1. The topological polar surface area (TPSA) is 72.6 Å². The van der Waals surface area contributed by atoms with Gasteiger partial charge in [-0.2, -0.15) is 0 Å². The normalized spacial score (nSPS) is 18.2. The molecule has 0 saturated heterocycles. The first-order valence-electron chi connectivity index (χ1n) is 6.84. The van der Waals surface area contributed by atoms with E-state index in [0.29, 0.717) is 6.54 Å². The lowest BCUT2D eigenvalue weighted by Gasteiger charge is -2.34. The molecular formula is C13H24N2O3. The molecule has 1 fully saturated rings. The summed E-state index contributed by atoms with van der Waals surface area (Å²) in [5, 5.41) is 0. The zero-order chi connectivity index (χ0) is 13.5. The molecule has 1 atom stereocenters. The first-order chi connectivity index (χ1) is 8.61. The minimum absolute atomic E-state index is 0.233. The van der Waals surface area contributed by atoms with Crippen LogP contribution in [0.3, 0.4) is 0 Å². The Bertz CT molecular complexity index is 288. The average Bonchev–Trinajstić information content (AvgIpc) is 2.40. The first kappa shape index (κ1) is 15.0. The van der Waals surface area contributed by atoms with Crippen molar-refractivity contribution in [2.45, 2.75) is 58.0 Å². The van der Waals surface area contributed by atoms with Crippen LogP contribution in [0.1, 0.15) is 46.0 Å². The largest absolute Gasteiger partial charge is 0.464 e. The Morgan fingerprint density at radius 3 is 2.39 bits per heavy atom. The summed E-state index contributed by atoms with van der Waals surface area (Å²) in [6, 6.07) is -0.941. The summed E-state index contributed by atoms with van der Waals surface area (Å²) in [5.74, 6) is -0.931. The molecule has 1 aliphatic carbocycles. The molecule has 0 radical (unpaired) electrons. The van der Waals surface area contributed by atoms with Gasteiger partial charge in [0.15, 0.2) is 6.04 Å². The summed E-state index contributed by atoms with van der Waals surface area (Å²) < 4.78 is 4.80. The van der Waals surface area contributed by atoms with Crippen LogP contribution in [0.15, 0.2) is 0 Å². The van der Waals surface area contributed by atoms with E-state index in [4.69, 9.17) is 10.5 Å². The summed E-state index contributed by atoms with van der Waals surface area (Å²) in [7, 11) is 0. The Kier molecular flexibility index (Phi) is 6.12. The molecule has 1 saturated carbocycles. The van der Waals surface area contributed by atoms with Crippen molar-refractivity contribution in [1.82, 2.24) is 4.90 Å². The van der Waals surface area contributed by atoms with Crippen LogP contribution in [0.2, 0.25) is 0 Å². The van der Waals surface area contributed by atoms with Crippen LogP contribution in [0, 0.1) is 0 Å². The standard InChI is InChI=1S/C13H24N2O3/c1-3-15(10-8-6-5-7-9-10)12(16)11(14)13(17)18-4-2/h10-11H,3-9,14H2,1-2H3. The van der Waals surface area contributed by atoms with Crippen LogP contribution in [-0.4, -0.2) is 42.0 Å². The number of amides is 1. The number of carbonyl (C=O) groups is 2. The molecule has 0 bridgehead atoms. The summed E-state index contributed by atoms with van der Waals surface area (Å²) in [4.78, 5) is 25.4. The van der Waals surface area contributed by atoms with Gasteiger partial charge in [-0.05, 0) is 26.7 Å². The Labute approximate surface area is 109 Å². The van der Waals surface area contributed by atoms with E-state index in [1.165, 1.54) is 6.42 Å². The monoisotopic (exact) mass is 256 g/mol. The maximum atomic E-state index is 12.2. The van der Waals surface area contributed by atoms with Crippen molar-refractivity contribution >= 4 is 11.9 Å². The lowest BCUT2D eigenvalue weighted by Crippen LogP contribution is -2.52. The highest BCUT2D eigenvalue weighted by Gasteiger charge is 2.32. The van der Waals surface area contributed by atoms with E-state index >= 15 is 0 Å². The predicted octanol–water partition coefficient (Wildman–Crippen LogP) is 1.06. The van der Waals surface area contributed by atoms with E-state index in [2.05, 4.69) is 0 Å². The molecule has 2 N–H and O–H groups in total. The second-order valence-electron chi connectivity index (χ2n) is 4.65. The summed E-state index contributed by atoms with van der Waals surface area (Å²) in [6.07, 6.45) is 5.53. The van der Waals surface area contributed by atoms with Gasteiger partial charge < -0.3 is 15.4 Å². The van der Waals surface area contributed by atoms with Crippen molar-refractivity contribution in [3.63, 3.8) is 0 Å². The van der Waals surface area contributed by atoms with Gasteiger partial charge in [-0.3, -0.25) is 4.79 Å². The van der Waals surface area contributed by atoms with Crippen molar-refractivity contribution in [2.75, 3.05) is 13.2 Å². The van der Waals surface area contributed by atoms with E-state index < -0.39 is 12.0 Å². The average molecular weight is 256 g/mol. The zero-order valence-electron chi connectivity index (χ0n) is 11.4.